The third-order valence-corrected chi connectivity index (χ3v) is 6.01. The average Bonchev–Trinajstić information content (AvgIpc) is 2.97. The molecule has 1 aromatic heterocycles. The van der Waals surface area contributed by atoms with Crippen LogP contribution in [0, 0.1) is 5.92 Å². The van der Waals surface area contributed by atoms with Gasteiger partial charge in [0.2, 0.25) is 0 Å². The molecule has 1 aromatic rings. The molecule has 0 amide bonds. The molecule has 3 rings (SSSR count). The van der Waals surface area contributed by atoms with Crippen LogP contribution < -0.4 is 11.3 Å². The van der Waals surface area contributed by atoms with Gasteiger partial charge in [0.1, 0.15) is 5.76 Å². The summed E-state index contributed by atoms with van der Waals surface area (Å²) in [5, 5.41) is 0. The largest absolute Gasteiger partial charge is 0.469 e. The molecule has 0 saturated carbocycles. The molecule has 2 saturated heterocycles. The number of nitrogens with two attached hydrogens (primary N) is 1. The van der Waals surface area contributed by atoms with E-state index in [4.69, 9.17) is 15.0 Å². The topological polar surface area (TPSA) is 60.4 Å². The fourth-order valence-electron chi connectivity index (χ4n) is 3.84. The molecule has 4 nitrogen and oxygen atoms in total. The van der Waals surface area contributed by atoms with Gasteiger partial charge in [-0.05, 0) is 49.2 Å². The lowest BCUT2D eigenvalue weighted by Crippen LogP contribution is -2.46. The number of hydrazine groups is 1. The summed E-state index contributed by atoms with van der Waals surface area (Å²) >= 11 is 2.05. The van der Waals surface area contributed by atoms with Gasteiger partial charge in [0.15, 0.2) is 0 Å². The maximum atomic E-state index is 6.20. The van der Waals surface area contributed by atoms with Crippen molar-refractivity contribution in [3.63, 3.8) is 0 Å². The van der Waals surface area contributed by atoms with Crippen LogP contribution in [0.25, 0.3) is 0 Å². The Morgan fingerprint density at radius 3 is 3.00 bits per heavy atom. The first-order valence-electron chi connectivity index (χ1n) is 8.02. The van der Waals surface area contributed by atoms with Crippen molar-refractivity contribution >= 4 is 11.8 Å². The Morgan fingerprint density at radius 2 is 2.29 bits per heavy atom. The van der Waals surface area contributed by atoms with E-state index in [9.17, 15) is 0 Å². The number of thioether (sulfide) groups is 1. The van der Waals surface area contributed by atoms with E-state index in [1.165, 1.54) is 29.9 Å². The molecule has 0 aromatic carbocycles. The third kappa shape index (κ3) is 3.16. The molecule has 3 N–H and O–H groups in total. The summed E-state index contributed by atoms with van der Waals surface area (Å²) in [5.74, 6) is 9.92. The summed E-state index contributed by atoms with van der Waals surface area (Å²) in [4.78, 5) is 0. The molecule has 3 heterocycles. The third-order valence-electron chi connectivity index (χ3n) is 5.02. The zero-order valence-electron chi connectivity index (χ0n) is 12.8. The summed E-state index contributed by atoms with van der Waals surface area (Å²) in [5.41, 5.74) is 4.38. The van der Waals surface area contributed by atoms with Crippen molar-refractivity contribution in [2.75, 3.05) is 18.1 Å². The Balaban J connectivity index is 1.77. The van der Waals surface area contributed by atoms with Gasteiger partial charge >= 0.3 is 0 Å². The Kier molecular flexibility index (Phi) is 4.94. The summed E-state index contributed by atoms with van der Waals surface area (Å²) in [6.45, 7) is 2.98. The normalized spacial score (nSPS) is 26.9. The van der Waals surface area contributed by atoms with E-state index in [0.29, 0.717) is 5.92 Å². The lowest BCUT2D eigenvalue weighted by Gasteiger charge is -2.45. The first kappa shape index (κ1) is 15.4. The predicted octanol–water partition coefficient (Wildman–Crippen LogP) is 3.04. The second kappa shape index (κ2) is 6.73. The minimum atomic E-state index is 0.0966. The van der Waals surface area contributed by atoms with Crippen molar-refractivity contribution in [1.29, 1.82) is 0 Å². The van der Waals surface area contributed by atoms with Crippen LogP contribution in [-0.4, -0.2) is 23.7 Å². The van der Waals surface area contributed by atoms with Crippen molar-refractivity contribution in [2.24, 2.45) is 11.8 Å². The van der Waals surface area contributed by atoms with Gasteiger partial charge < -0.3 is 9.15 Å². The highest BCUT2D eigenvalue weighted by molar-refractivity contribution is 7.99. The molecule has 0 aliphatic carbocycles. The zero-order valence-corrected chi connectivity index (χ0v) is 13.6. The number of ether oxygens (including phenoxy) is 1. The van der Waals surface area contributed by atoms with Crippen molar-refractivity contribution in [1.82, 2.24) is 5.43 Å². The van der Waals surface area contributed by atoms with Crippen LogP contribution in [0.1, 0.15) is 50.0 Å². The molecule has 2 unspecified atom stereocenters. The van der Waals surface area contributed by atoms with Crippen molar-refractivity contribution < 1.29 is 9.15 Å². The highest BCUT2D eigenvalue weighted by atomic mass is 32.2. The summed E-state index contributed by atoms with van der Waals surface area (Å²) < 4.78 is 11.8. The number of hydrogen-bond donors (Lipinski definition) is 2. The first-order valence-corrected chi connectivity index (χ1v) is 9.17. The molecule has 21 heavy (non-hydrogen) atoms. The number of hydrogen-bond acceptors (Lipinski definition) is 5. The predicted molar refractivity (Wildman–Crippen MR) is 86.1 cm³/mol. The van der Waals surface area contributed by atoms with E-state index in [1.807, 2.05) is 11.8 Å². The summed E-state index contributed by atoms with van der Waals surface area (Å²) in [7, 11) is 0. The average molecular weight is 310 g/mol. The SMILES string of the molecule is CCc1occc1C(NN)C1CCOC2(CCSCC2)C1. The number of furan rings is 1. The molecule has 2 aliphatic rings. The highest BCUT2D eigenvalue weighted by Gasteiger charge is 2.41. The van der Waals surface area contributed by atoms with Gasteiger partial charge in [-0.3, -0.25) is 11.3 Å². The standard InChI is InChI=1S/C16H26N2O2S/c1-2-14-13(4-7-19-14)15(18-17)12-3-8-20-16(11-12)5-9-21-10-6-16/h4,7,12,15,18H,2-3,5-6,8-11,17H2,1H3. The van der Waals surface area contributed by atoms with Gasteiger partial charge in [0.25, 0.3) is 0 Å². The molecule has 1 spiro atoms. The van der Waals surface area contributed by atoms with Crippen LogP contribution in [0.2, 0.25) is 0 Å². The van der Waals surface area contributed by atoms with E-state index in [-0.39, 0.29) is 11.6 Å². The minimum absolute atomic E-state index is 0.0966. The lowest BCUT2D eigenvalue weighted by molar-refractivity contribution is -0.107. The molecular weight excluding hydrogens is 284 g/mol. The van der Waals surface area contributed by atoms with Crippen LogP contribution in [0.15, 0.2) is 16.7 Å². The number of nitrogens with one attached hydrogen (secondary N) is 1. The van der Waals surface area contributed by atoms with Crippen LogP contribution in [0.3, 0.4) is 0 Å². The van der Waals surface area contributed by atoms with Gasteiger partial charge in [0.05, 0.1) is 17.9 Å². The molecule has 0 bridgehead atoms. The van der Waals surface area contributed by atoms with E-state index < -0.39 is 0 Å². The second-order valence-electron chi connectivity index (χ2n) is 6.19. The Labute approximate surface area is 131 Å². The van der Waals surface area contributed by atoms with Crippen LogP contribution in [0.4, 0.5) is 0 Å². The van der Waals surface area contributed by atoms with E-state index >= 15 is 0 Å². The molecular formula is C16H26N2O2S. The van der Waals surface area contributed by atoms with Crippen molar-refractivity contribution in [3.05, 3.63) is 23.7 Å². The van der Waals surface area contributed by atoms with Gasteiger partial charge in [-0.1, -0.05) is 6.92 Å². The summed E-state index contributed by atoms with van der Waals surface area (Å²) in [6, 6.07) is 2.25. The monoisotopic (exact) mass is 310 g/mol. The molecule has 118 valence electrons. The molecule has 2 atom stereocenters. The van der Waals surface area contributed by atoms with Crippen molar-refractivity contribution in [3.8, 4) is 0 Å². The van der Waals surface area contributed by atoms with E-state index in [2.05, 4.69) is 18.4 Å². The Bertz CT molecular complexity index is 451. The maximum absolute atomic E-state index is 6.20. The lowest BCUT2D eigenvalue weighted by atomic mass is 9.77. The number of rotatable bonds is 4. The first-order chi connectivity index (χ1) is 10.3. The van der Waals surface area contributed by atoms with Crippen molar-refractivity contribution in [2.45, 2.75) is 50.7 Å². The fourth-order valence-corrected chi connectivity index (χ4v) is 5.07. The minimum Gasteiger partial charge on any atom is -0.469 e. The highest BCUT2D eigenvalue weighted by Crippen LogP contribution is 2.43. The van der Waals surface area contributed by atoms with Crippen LogP contribution in [-0.2, 0) is 11.2 Å². The fraction of sp³-hybridized carbons (Fsp3) is 0.750. The van der Waals surface area contributed by atoms with Gasteiger partial charge in [-0.15, -0.1) is 0 Å². The van der Waals surface area contributed by atoms with Gasteiger partial charge in [-0.2, -0.15) is 11.8 Å². The smallest absolute Gasteiger partial charge is 0.108 e. The quantitative estimate of drug-likeness (QED) is 0.661. The van der Waals surface area contributed by atoms with Crippen LogP contribution in [0.5, 0.6) is 0 Å². The maximum Gasteiger partial charge on any atom is 0.108 e. The Morgan fingerprint density at radius 1 is 1.48 bits per heavy atom. The zero-order chi connectivity index (χ0) is 14.7. The van der Waals surface area contributed by atoms with Crippen LogP contribution >= 0.6 is 11.8 Å². The molecule has 2 aliphatic heterocycles. The molecule has 0 radical (unpaired) electrons. The van der Waals surface area contributed by atoms with Gasteiger partial charge in [-0.25, -0.2) is 0 Å². The number of aryl methyl sites for hydroxylation is 1. The second-order valence-corrected chi connectivity index (χ2v) is 7.42. The van der Waals surface area contributed by atoms with E-state index in [0.717, 1.165) is 31.6 Å². The molecule has 5 heteroatoms. The van der Waals surface area contributed by atoms with E-state index in [1.54, 1.807) is 6.26 Å². The summed E-state index contributed by atoms with van der Waals surface area (Å²) in [6.07, 6.45) is 7.22. The van der Waals surface area contributed by atoms with Gasteiger partial charge in [0, 0.05) is 18.6 Å². The Hall–Kier alpha value is -0.490. The molecule has 2 fully saturated rings.